The van der Waals surface area contributed by atoms with Crippen LogP contribution in [0.3, 0.4) is 0 Å². The van der Waals surface area contributed by atoms with Crippen molar-refractivity contribution >= 4 is 21.9 Å². The number of hydrogen-bond acceptors (Lipinski definition) is 5. The van der Waals surface area contributed by atoms with Crippen molar-refractivity contribution in [2.45, 2.75) is 6.04 Å². The summed E-state index contributed by atoms with van der Waals surface area (Å²) in [4.78, 5) is 11.9. The first kappa shape index (κ1) is 14.3. The Morgan fingerprint density at radius 2 is 2.16 bits per heavy atom. The van der Waals surface area contributed by atoms with Crippen LogP contribution >= 0.6 is 15.9 Å². The van der Waals surface area contributed by atoms with Gasteiger partial charge >= 0.3 is 5.97 Å². The summed E-state index contributed by atoms with van der Waals surface area (Å²) < 4.78 is 16.0. The van der Waals surface area contributed by atoms with Crippen molar-refractivity contribution in [2.24, 2.45) is 11.1 Å². The van der Waals surface area contributed by atoms with Gasteiger partial charge in [-0.1, -0.05) is 6.07 Å². The molecule has 0 saturated carbocycles. The van der Waals surface area contributed by atoms with Crippen LogP contribution in [0.15, 0.2) is 22.7 Å². The molecule has 0 bridgehead atoms. The Bertz CT molecular complexity index is 488. The molecule has 1 aromatic carbocycles. The van der Waals surface area contributed by atoms with E-state index >= 15 is 0 Å². The van der Waals surface area contributed by atoms with Crippen LogP contribution in [0.2, 0.25) is 0 Å². The highest BCUT2D eigenvalue weighted by Crippen LogP contribution is 2.41. The van der Waals surface area contributed by atoms with E-state index in [0.29, 0.717) is 5.75 Å². The summed E-state index contributed by atoms with van der Waals surface area (Å²) in [7, 11) is 2.95. The second-order valence-corrected chi connectivity index (χ2v) is 5.37. The van der Waals surface area contributed by atoms with E-state index in [9.17, 15) is 4.79 Å². The fourth-order valence-corrected chi connectivity index (χ4v) is 2.70. The average molecular weight is 330 g/mol. The maximum Gasteiger partial charge on any atom is 0.318 e. The molecule has 0 spiro atoms. The van der Waals surface area contributed by atoms with E-state index in [2.05, 4.69) is 15.9 Å². The Morgan fingerprint density at radius 1 is 1.47 bits per heavy atom. The lowest BCUT2D eigenvalue weighted by Gasteiger charge is -2.42. The molecular weight excluding hydrogens is 314 g/mol. The first-order valence-electron chi connectivity index (χ1n) is 5.80. The van der Waals surface area contributed by atoms with Crippen molar-refractivity contribution in [3.63, 3.8) is 0 Å². The zero-order valence-corrected chi connectivity index (χ0v) is 12.4. The summed E-state index contributed by atoms with van der Waals surface area (Å²) >= 11 is 3.41. The van der Waals surface area contributed by atoms with Crippen LogP contribution in [0.1, 0.15) is 11.6 Å². The van der Waals surface area contributed by atoms with Crippen molar-refractivity contribution in [2.75, 3.05) is 27.4 Å². The minimum atomic E-state index is -0.789. The molecule has 1 atom stereocenters. The van der Waals surface area contributed by atoms with Crippen molar-refractivity contribution < 1.29 is 19.0 Å². The van der Waals surface area contributed by atoms with E-state index in [4.69, 9.17) is 19.9 Å². The molecule has 1 heterocycles. The third kappa shape index (κ3) is 2.35. The number of hydrogen-bond donors (Lipinski definition) is 1. The van der Waals surface area contributed by atoms with Crippen LogP contribution in [-0.2, 0) is 14.3 Å². The van der Waals surface area contributed by atoms with Crippen molar-refractivity contribution in [1.29, 1.82) is 0 Å². The van der Waals surface area contributed by atoms with Gasteiger partial charge in [0, 0.05) is 0 Å². The predicted octanol–water partition coefficient (Wildman–Crippen LogP) is 1.65. The van der Waals surface area contributed by atoms with Crippen LogP contribution in [0.5, 0.6) is 5.75 Å². The second-order valence-electron chi connectivity index (χ2n) is 4.51. The fourth-order valence-electron chi connectivity index (χ4n) is 2.14. The van der Waals surface area contributed by atoms with E-state index in [1.165, 1.54) is 7.11 Å². The van der Waals surface area contributed by atoms with E-state index in [1.807, 2.05) is 18.2 Å². The molecule has 1 unspecified atom stereocenters. The number of esters is 1. The van der Waals surface area contributed by atoms with E-state index in [1.54, 1.807) is 7.11 Å². The first-order valence-corrected chi connectivity index (χ1v) is 6.59. The minimum Gasteiger partial charge on any atom is -0.496 e. The maximum absolute atomic E-state index is 11.9. The number of methoxy groups -OCH3 is 2. The molecule has 1 aliphatic heterocycles. The fraction of sp³-hybridized carbons (Fsp3) is 0.462. The zero-order chi connectivity index (χ0) is 14.0. The zero-order valence-electron chi connectivity index (χ0n) is 10.8. The van der Waals surface area contributed by atoms with Crippen molar-refractivity contribution in [3.05, 3.63) is 28.2 Å². The van der Waals surface area contributed by atoms with Crippen LogP contribution in [0, 0.1) is 5.41 Å². The number of nitrogens with two attached hydrogens (primary N) is 1. The van der Waals surface area contributed by atoms with Crippen molar-refractivity contribution in [1.82, 2.24) is 0 Å². The van der Waals surface area contributed by atoms with E-state index < -0.39 is 11.5 Å². The molecule has 0 radical (unpaired) electrons. The highest BCUT2D eigenvalue weighted by Gasteiger charge is 2.52. The number of halogens is 1. The van der Waals surface area contributed by atoms with Gasteiger partial charge in [-0.3, -0.25) is 4.79 Å². The Balaban J connectivity index is 2.30. The molecule has 104 valence electrons. The summed E-state index contributed by atoms with van der Waals surface area (Å²) in [5, 5.41) is 0. The lowest BCUT2D eigenvalue weighted by molar-refractivity contribution is -0.188. The lowest BCUT2D eigenvalue weighted by Crippen LogP contribution is -2.56. The molecule has 1 aliphatic rings. The number of carbonyl (C=O) groups excluding carboxylic acids is 1. The molecule has 1 aromatic rings. The normalized spacial score (nSPS) is 18.3. The third-order valence-corrected chi connectivity index (χ3v) is 4.06. The summed E-state index contributed by atoms with van der Waals surface area (Å²) in [6.07, 6.45) is 0. The molecule has 6 heteroatoms. The Hall–Kier alpha value is -1.11. The number of benzene rings is 1. The molecule has 0 aromatic heterocycles. The SMILES string of the molecule is COC(=O)C1(C(N)c2ccc(OC)c(Br)c2)COC1. The van der Waals surface area contributed by atoms with Gasteiger partial charge in [0.1, 0.15) is 11.2 Å². The Morgan fingerprint density at radius 3 is 2.58 bits per heavy atom. The molecular formula is C13H16BrNO4. The number of ether oxygens (including phenoxy) is 3. The molecule has 0 aliphatic carbocycles. The molecule has 1 saturated heterocycles. The van der Waals surface area contributed by atoms with Gasteiger partial charge in [-0.15, -0.1) is 0 Å². The molecule has 0 amide bonds. The average Bonchev–Trinajstić information content (AvgIpc) is 2.36. The monoisotopic (exact) mass is 329 g/mol. The number of rotatable bonds is 4. The first-order chi connectivity index (χ1) is 9.05. The summed E-state index contributed by atoms with van der Waals surface area (Å²) in [6.45, 7) is 0.564. The van der Waals surface area contributed by atoms with Gasteiger partial charge in [-0.2, -0.15) is 0 Å². The summed E-state index contributed by atoms with van der Waals surface area (Å²) in [5.41, 5.74) is 6.28. The van der Waals surface area contributed by atoms with Crippen LogP contribution < -0.4 is 10.5 Å². The topological polar surface area (TPSA) is 70.8 Å². The summed E-state index contributed by atoms with van der Waals surface area (Å²) in [5.74, 6) is 0.381. The Labute approximate surface area is 120 Å². The maximum atomic E-state index is 11.9. The van der Waals surface area contributed by atoms with E-state index in [-0.39, 0.29) is 19.2 Å². The van der Waals surface area contributed by atoms with Gasteiger partial charge < -0.3 is 19.9 Å². The van der Waals surface area contributed by atoms with Gasteiger partial charge in [-0.25, -0.2) is 0 Å². The quantitative estimate of drug-likeness (QED) is 0.850. The van der Waals surface area contributed by atoms with Gasteiger partial charge in [0.25, 0.3) is 0 Å². The van der Waals surface area contributed by atoms with Gasteiger partial charge in [0.15, 0.2) is 0 Å². The highest BCUT2D eigenvalue weighted by atomic mass is 79.9. The molecule has 19 heavy (non-hydrogen) atoms. The van der Waals surface area contributed by atoms with Gasteiger partial charge in [-0.05, 0) is 33.6 Å². The number of carbonyl (C=O) groups is 1. The van der Waals surface area contributed by atoms with Crippen LogP contribution in [0.25, 0.3) is 0 Å². The van der Waals surface area contributed by atoms with Crippen LogP contribution in [0.4, 0.5) is 0 Å². The molecule has 2 N–H and O–H groups in total. The second kappa shape index (κ2) is 5.48. The largest absolute Gasteiger partial charge is 0.496 e. The van der Waals surface area contributed by atoms with Crippen LogP contribution in [-0.4, -0.2) is 33.4 Å². The smallest absolute Gasteiger partial charge is 0.318 e. The third-order valence-electron chi connectivity index (χ3n) is 3.44. The van der Waals surface area contributed by atoms with Gasteiger partial charge in [0.05, 0.1) is 37.9 Å². The standard InChI is InChI=1S/C13H16BrNO4/c1-17-10-4-3-8(5-9(10)14)11(15)13(6-19-7-13)12(16)18-2/h3-5,11H,6-7,15H2,1-2H3. The molecule has 1 fully saturated rings. The summed E-state index contributed by atoms with van der Waals surface area (Å²) in [6, 6.07) is 5.03. The highest BCUT2D eigenvalue weighted by molar-refractivity contribution is 9.10. The van der Waals surface area contributed by atoms with Crippen molar-refractivity contribution in [3.8, 4) is 5.75 Å². The van der Waals surface area contributed by atoms with Gasteiger partial charge in [0.2, 0.25) is 0 Å². The molecule has 2 rings (SSSR count). The Kier molecular flexibility index (Phi) is 4.13. The van der Waals surface area contributed by atoms with E-state index in [0.717, 1.165) is 10.0 Å². The lowest BCUT2D eigenvalue weighted by atomic mass is 9.75. The predicted molar refractivity (Wildman–Crippen MR) is 72.9 cm³/mol. The minimum absolute atomic E-state index is 0.282. The molecule has 5 nitrogen and oxygen atoms in total.